The molecule has 0 aromatic carbocycles. The highest BCUT2D eigenvalue weighted by Gasteiger charge is 2.17. The van der Waals surface area contributed by atoms with E-state index in [0.29, 0.717) is 6.54 Å². The van der Waals surface area contributed by atoms with E-state index in [1.54, 1.807) is 6.92 Å². The van der Waals surface area contributed by atoms with Gasteiger partial charge in [0.1, 0.15) is 6.54 Å². The van der Waals surface area contributed by atoms with Crippen molar-refractivity contribution in [3.63, 3.8) is 0 Å². The minimum atomic E-state index is -0.531. The maximum atomic E-state index is 12.2. The number of carbonyl (C=O) groups excluding carboxylic acids is 1. The highest BCUT2D eigenvalue weighted by atomic mass is 16.3. The van der Waals surface area contributed by atoms with Crippen molar-refractivity contribution in [3.05, 3.63) is 24.0 Å². The minimum absolute atomic E-state index is 0.162. The van der Waals surface area contributed by atoms with Gasteiger partial charge in [-0.3, -0.25) is 4.79 Å². The Labute approximate surface area is 108 Å². The largest absolute Gasteiger partial charge is 0.387 e. The van der Waals surface area contributed by atoms with Gasteiger partial charge in [0.15, 0.2) is 0 Å². The lowest BCUT2D eigenvalue weighted by Crippen LogP contribution is -2.34. The van der Waals surface area contributed by atoms with E-state index >= 15 is 0 Å². The van der Waals surface area contributed by atoms with Crippen molar-refractivity contribution in [2.24, 2.45) is 0 Å². The summed E-state index contributed by atoms with van der Waals surface area (Å²) in [6.07, 6.45) is 6.01. The lowest BCUT2D eigenvalue weighted by atomic mass is 10.2. The molecule has 1 amide bonds. The molecule has 1 atom stereocenters. The van der Waals surface area contributed by atoms with Crippen LogP contribution < -0.4 is 0 Å². The van der Waals surface area contributed by atoms with E-state index in [1.807, 2.05) is 27.8 Å². The first-order chi connectivity index (χ1) is 8.68. The smallest absolute Gasteiger partial charge is 0.242 e. The summed E-state index contributed by atoms with van der Waals surface area (Å²) in [5, 5.41) is 9.62. The van der Waals surface area contributed by atoms with E-state index in [4.69, 9.17) is 0 Å². The lowest BCUT2D eigenvalue weighted by Gasteiger charge is -2.21. The van der Waals surface area contributed by atoms with Gasteiger partial charge >= 0.3 is 0 Å². The molecule has 1 aliphatic heterocycles. The van der Waals surface area contributed by atoms with Crippen molar-refractivity contribution in [1.29, 1.82) is 0 Å². The Morgan fingerprint density at radius 3 is 2.61 bits per heavy atom. The fraction of sp³-hybridized carbons (Fsp3) is 0.643. The number of aliphatic hydroxyl groups is 1. The summed E-state index contributed by atoms with van der Waals surface area (Å²) in [5.41, 5.74) is 0.804. The summed E-state index contributed by atoms with van der Waals surface area (Å²) < 4.78 is 1.85. The Bertz CT molecular complexity index is 390. The molecule has 18 heavy (non-hydrogen) atoms. The van der Waals surface area contributed by atoms with Crippen LogP contribution in [0.3, 0.4) is 0 Å². The average molecular weight is 250 g/mol. The molecule has 1 aromatic heterocycles. The van der Waals surface area contributed by atoms with Gasteiger partial charge in [-0.05, 0) is 31.9 Å². The molecule has 0 bridgehead atoms. The number of aromatic nitrogens is 1. The van der Waals surface area contributed by atoms with Gasteiger partial charge in [0.2, 0.25) is 5.91 Å². The third kappa shape index (κ3) is 3.13. The fourth-order valence-corrected chi connectivity index (χ4v) is 2.52. The average Bonchev–Trinajstić information content (AvgIpc) is 2.63. The molecule has 0 spiro atoms. The van der Waals surface area contributed by atoms with E-state index in [9.17, 15) is 9.90 Å². The Kier molecular flexibility index (Phi) is 4.42. The quantitative estimate of drug-likeness (QED) is 0.891. The van der Waals surface area contributed by atoms with Crippen LogP contribution in [0.4, 0.5) is 0 Å². The third-order valence-electron chi connectivity index (χ3n) is 3.56. The first-order valence-corrected chi connectivity index (χ1v) is 6.79. The summed E-state index contributed by atoms with van der Waals surface area (Å²) in [6, 6.07) is 3.73. The van der Waals surface area contributed by atoms with Gasteiger partial charge in [0.25, 0.3) is 0 Å². The van der Waals surface area contributed by atoms with Crippen LogP contribution >= 0.6 is 0 Å². The SMILES string of the molecule is CC(O)c1cccn1CC(=O)N1CCCCCC1. The molecule has 0 saturated carbocycles. The molecule has 4 heteroatoms. The van der Waals surface area contributed by atoms with Gasteiger partial charge in [0, 0.05) is 25.0 Å². The van der Waals surface area contributed by atoms with Crippen molar-refractivity contribution in [3.8, 4) is 0 Å². The van der Waals surface area contributed by atoms with E-state index in [2.05, 4.69) is 0 Å². The zero-order valence-electron chi connectivity index (χ0n) is 11.0. The normalized spacial score (nSPS) is 18.4. The molecule has 1 fully saturated rings. The van der Waals surface area contributed by atoms with Crippen LogP contribution in [0.1, 0.15) is 44.4 Å². The second kappa shape index (κ2) is 6.05. The van der Waals surface area contributed by atoms with Crippen LogP contribution in [0.2, 0.25) is 0 Å². The van der Waals surface area contributed by atoms with Crippen LogP contribution in [0.5, 0.6) is 0 Å². The Morgan fingerprint density at radius 2 is 2.00 bits per heavy atom. The molecule has 1 aliphatic rings. The molecule has 1 N–H and O–H groups in total. The molecular weight excluding hydrogens is 228 g/mol. The minimum Gasteiger partial charge on any atom is -0.387 e. The first kappa shape index (κ1) is 13.1. The molecular formula is C14H22N2O2. The van der Waals surface area contributed by atoms with Gasteiger partial charge in [0.05, 0.1) is 6.10 Å². The Hall–Kier alpha value is -1.29. The molecule has 4 nitrogen and oxygen atoms in total. The number of likely N-dealkylation sites (tertiary alicyclic amines) is 1. The zero-order chi connectivity index (χ0) is 13.0. The maximum Gasteiger partial charge on any atom is 0.242 e. The molecule has 0 radical (unpaired) electrons. The molecule has 1 unspecified atom stereocenters. The fourth-order valence-electron chi connectivity index (χ4n) is 2.52. The number of amides is 1. The van der Waals surface area contributed by atoms with E-state index in [-0.39, 0.29) is 5.91 Å². The van der Waals surface area contributed by atoms with Crippen molar-refractivity contribution in [1.82, 2.24) is 9.47 Å². The Morgan fingerprint density at radius 1 is 1.33 bits per heavy atom. The summed E-state index contributed by atoms with van der Waals surface area (Å²) in [7, 11) is 0. The lowest BCUT2D eigenvalue weighted by molar-refractivity contribution is -0.131. The molecule has 1 saturated heterocycles. The molecule has 0 aliphatic carbocycles. The predicted octanol–water partition coefficient (Wildman–Crippen LogP) is 1.94. The molecule has 2 heterocycles. The number of hydrogen-bond donors (Lipinski definition) is 1. The van der Waals surface area contributed by atoms with Crippen molar-refractivity contribution >= 4 is 5.91 Å². The topological polar surface area (TPSA) is 45.5 Å². The summed E-state index contributed by atoms with van der Waals surface area (Å²) in [6.45, 7) is 3.82. The van der Waals surface area contributed by atoms with Crippen molar-refractivity contribution < 1.29 is 9.90 Å². The van der Waals surface area contributed by atoms with Crippen LogP contribution in [-0.4, -0.2) is 33.6 Å². The van der Waals surface area contributed by atoms with Gasteiger partial charge in [-0.25, -0.2) is 0 Å². The van der Waals surface area contributed by atoms with Gasteiger partial charge in [-0.2, -0.15) is 0 Å². The second-order valence-electron chi connectivity index (χ2n) is 5.03. The van der Waals surface area contributed by atoms with Crippen LogP contribution in [0.25, 0.3) is 0 Å². The van der Waals surface area contributed by atoms with Gasteiger partial charge in [-0.15, -0.1) is 0 Å². The molecule has 100 valence electrons. The van der Waals surface area contributed by atoms with E-state index in [0.717, 1.165) is 31.6 Å². The number of hydrogen-bond acceptors (Lipinski definition) is 2. The van der Waals surface area contributed by atoms with E-state index in [1.165, 1.54) is 12.8 Å². The monoisotopic (exact) mass is 250 g/mol. The number of rotatable bonds is 3. The zero-order valence-corrected chi connectivity index (χ0v) is 11.0. The predicted molar refractivity (Wildman–Crippen MR) is 70.1 cm³/mol. The van der Waals surface area contributed by atoms with Crippen molar-refractivity contribution in [2.45, 2.75) is 45.3 Å². The maximum absolute atomic E-state index is 12.2. The second-order valence-corrected chi connectivity index (χ2v) is 5.03. The Balaban J connectivity index is 1.99. The summed E-state index contributed by atoms with van der Waals surface area (Å²) in [4.78, 5) is 14.2. The number of aliphatic hydroxyl groups excluding tert-OH is 1. The van der Waals surface area contributed by atoms with Gasteiger partial charge < -0.3 is 14.6 Å². The van der Waals surface area contributed by atoms with Crippen LogP contribution in [0.15, 0.2) is 18.3 Å². The van der Waals surface area contributed by atoms with Crippen LogP contribution in [0, 0.1) is 0 Å². The van der Waals surface area contributed by atoms with E-state index < -0.39 is 6.10 Å². The third-order valence-corrected chi connectivity index (χ3v) is 3.56. The molecule has 2 rings (SSSR count). The summed E-state index contributed by atoms with van der Waals surface area (Å²) in [5.74, 6) is 0.162. The number of carbonyl (C=O) groups is 1. The van der Waals surface area contributed by atoms with Crippen LogP contribution in [-0.2, 0) is 11.3 Å². The number of nitrogens with zero attached hydrogens (tertiary/aromatic N) is 2. The molecule has 1 aromatic rings. The van der Waals surface area contributed by atoms with Crippen molar-refractivity contribution in [2.75, 3.05) is 13.1 Å². The summed E-state index contributed by atoms with van der Waals surface area (Å²) >= 11 is 0. The standard InChI is InChI=1S/C14H22N2O2/c1-12(17)13-7-6-10-16(13)11-14(18)15-8-4-2-3-5-9-15/h6-7,10,12,17H,2-5,8-9,11H2,1H3. The first-order valence-electron chi connectivity index (χ1n) is 6.79. The highest BCUT2D eigenvalue weighted by Crippen LogP contribution is 2.14. The van der Waals surface area contributed by atoms with Gasteiger partial charge in [-0.1, -0.05) is 12.8 Å². The highest BCUT2D eigenvalue weighted by molar-refractivity contribution is 5.76.